The fourth-order valence-corrected chi connectivity index (χ4v) is 4.24. The summed E-state index contributed by atoms with van der Waals surface area (Å²) in [6.07, 6.45) is 5.89. The predicted molar refractivity (Wildman–Crippen MR) is 99.8 cm³/mol. The second-order valence-electron chi connectivity index (χ2n) is 7.48. The Labute approximate surface area is 156 Å². The Morgan fingerprint density at radius 1 is 1.15 bits per heavy atom. The molecule has 0 bridgehead atoms. The lowest BCUT2D eigenvalue weighted by Gasteiger charge is -2.17. The first-order valence-corrected chi connectivity index (χ1v) is 9.62. The number of aryl methyl sites for hydroxylation is 1. The first-order chi connectivity index (χ1) is 13.0. The van der Waals surface area contributed by atoms with E-state index in [0.29, 0.717) is 35.9 Å². The van der Waals surface area contributed by atoms with Gasteiger partial charge in [0.25, 0.3) is 11.5 Å². The van der Waals surface area contributed by atoms with Crippen LogP contribution in [0.5, 0.6) is 0 Å². The Hall–Kier alpha value is -2.70. The molecule has 0 unspecified atom stereocenters. The van der Waals surface area contributed by atoms with Gasteiger partial charge in [-0.25, -0.2) is 4.98 Å². The molecule has 2 aliphatic rings. The minimum Gasteiger partial charge on any atom is -0.481 e. The van der Waals surface area contributed by atoms with E-state index in [9.17, 15) is 19.5 Å². The predicted octanol–water partition coefficient (Wildman–Crippen LogP) is 2.11. The van der Waals surface area contributed by atoms with Crippen LogP contribution in [0.15, 0.2) is 23.0 Å². The molecule has 1 amide bonds. The first kappa shape index (κ1) is 17.7. The summed E-state index contributed by atoms with van der Waals surface area (Å²) >= 11 is 0. The normalized spacial score (nSPS) is 22.2. The van der Waals surface area contributed by atoms with Gasteiger partial charge in [-0.2, -0.15) is 0 Å². The topological polar surface area (TPSA) is 101 Å². The van der Waals surface area contributed by atoms with Crippen LogP contribution in [0.3, 0.4) is 0 Å². The van der Waals surface area contributed by atoms with Gasteiger partial charge in [0.1, 0.15) is 5.82 Å². The van der Waals surface area contributed by atoms with Crippen LogP contribution in [0, 0.1) is 5.92 Å². The van der Waals surface area contributed by atoms with E-state index in [1.807, 2.05) is 0 Å². The molecule has 0 radical (unpaired) electrons. The van der Waals surface area contributed by atoms with Gasteiger partial charge >= 0.3 is 5.97 Å². The number of benzene rings is 1. The molecule has 4 rings (SSSR count). The number of fused-ring (bicyclic) bond motifs is 2. The van der Waals surface area contributed by atoms with Crippen molar-refractivity contribution in [3.05, 3.63) is 39.9 Å². The van der Waals surface area contributed by atoms with Crippen LogP contribution in [0.25, 0.3) is 10.9 Å². The number of amides is 1. The molecule has 1 aromatic carbocycles. The summed E-state index contributed by atoms with van der Waals surface area (Å²) in [7, 11) is 0. The van der Waals surface area contributed by atoms with Gasteiger partial charge < -0.3 is 10.4 Å². The molecule has 2 aromatic rings. The molecule has 2 heterocycles. The molecule has 0 saturated heterocycles. The van der Waals surface area contributed by atoms with Gasteiger partial charge in [-0.15, -0.1) is 0 Å². The van der Waals surface area contributed by atoms with Gasteiger partial charge in [0.05, 0.1) is 16.8 Å². The van der Waals surface area contributed by atoms with Crippen molar-refractivity contribution in [3.63, 3.8) is 0 Å². The third-order valence-corrected chi connectivity index (χ3v) is 5.73. The van der Waals surface area contributed by atoms with Crippen molar-refractivity contribution in [2.45, 2.75) is 57.5 Å². The van der Waals surface area contributed by atoms with Crippen LogP contribution >= 0.6 is 0 Å². The summed E-state index contributed by atoms with van der Waals surface area (Å²) in [5, 5.41) is 12.6. The Balaban J connectivity index is 1.64. The van der Waals surface area contributed by atoms with E-state index in [1.165, 1.54) is 0 Å². The van der Waals surface area contributed by atoms with Crippen molar-refractivity contribution in [1.82, 2.24) is 14.9 Å². The molecule has 2 N–H and O–H groups in total. The van der Waals surface area contributed by atoms with Crippen molar-refractivity contribution < 1.29 is 14.7 Å². The minimum atomic E-state index is -0.867. The number of carboxylic acid groups (broad SMARTS) is 1. The van der Waals surface area contributed by atoms with Crippen molar-refractivity contribution in [1.29, 1.82) is 0 Å². The minimum absolute atomic E-state index is 0.0504. The van der Waals surface area contributed by atoms with Crippen LogP contribution in [0.4, 0.5) is 0 Å². The van der Waals surface area contributed by atoms with Crippen LogP contribution in [-0.2, 0) is 17.8 Å². The SMILES string of the molecule is O=C(N[C@H]1CCC[C@H]1C(=O)O)c1ccc2c(=O)n3c(nc2c1)CCCCC3. The number of rotatable bonds is 3. The summed E-state index contributed by atoms with van der Waals surface area (Å²) < 4.78 is 1.76. The summed E-state index contributed by atoms with van der Waals surface area (Å²) in [4.78, 5) is 41.3. The van der Waals surface area contributed by atoms with E-state index in [0.717, 1.165) is 37.9 Å². The number of hydrogen-bond donors (Lipinski definition) is 2. The smallest absolute Gasteiger partial charge is 0.308 e. The number of carboxylic acids is 1. The molecule has 1 aliphatic carbocycles. The average molecular weight is 369 g/mol. The van der Waals surface area contributed by atoms with E-state index < -0.39 is 11.9 Å². The zero-order valence-electron chi connectivity index (χ0n) is 15.1. The summed E-state index contributed by atoms with van der Waals surface area (Å²) in [5.74, 6) is -0.933. The van der Waals surface area contributed by atoms with Gasteiger partial charge in [0.2, 0.25) is 0 Å². The number of hydrogen-bond acceptors (Lipinski definition) is 4. The third kappa shape index (κ3) is 3.34. The molecule has 7 nitrogen and oxygen atoms in total. The molecule has 1 saturated carbocycles. The highest BCUT2D eigenvalue weighted by atomic mass is 16.4. The second kappa shape index (κ2) is 7.13. The van der Waals surface area contributed by atoms with E-state index in [4.69, 9.17) is 0 Å². The van der Waals surface area contributed by atoms with Gasteiger partial charge in [0.15, 0.2) is 0 Å². The number of aromatic nitrogens is 2. The fraction of sp³-hybridized carbons (Fsp3) is 0.500. The van der Waals surface area contributed by atoms with E-state index >= 15 is 0 Å². The molecule has 1 aliphatic heterocycles. The summed E-state index contributed by atoms with van der Waals surface area (Å²) in [5.41, 5.74) is 0.886. The highest BCUT2D eigenvalue weighted by molar-refractivity contribution is 5.98. The third-order valence-electron chi connectivity index (χ3n) is 5.73. The molecule has 1 fully saturated rings. The lowest BCUT2D eigenvalue weighted by atomic mass is 10.0. The first-order valence-electron chi connectivity index (χ1n) is 9.62. The summed E-state index contributed by atoms with van der Waals surface area (Å²) in [6, 6.07) is 4.56. The Bertz CT molecular complexity index is 966. The Kier molecular flexibility index (Phi) is 4.68. The van der Waals surface area contributed by atoms with E-state index in [1.54, 1.807) is 22.8 Å². The van der Waals surface area contributed by atoms with Crippen molar-refractivity contribution >= 4 is 22.8 Å². The molecule has 7 heteroatoms. The number of aliphatic carboxylic acids is 1. The highest BCUT2D eigenvalue weighted by Gasteiger charge is 2.34. The van der Waals surface area contributed by atoms with Crippen LogP contribution in [0.1, 0.15) is 54.7 Å². The monoisotopic (exact) mass is 369 g/mol. The zero-order chi connectivity index (χ0) is 19.0. The maximum Gasteiger partial charge on any atom is 0.308 e. The van der Waals surface area contributed by atoms with E-state index in [-0.39, 0.29) is 17.5 Å². The van der Waals surface area contributed by atoms with Gasteiger partial charge in [0, 0.05) is 24.6 Å². The molecular formula is C20H23N3O4. The van der Waals surface area contributed by atoms with Crippen molar-refractivity contribution in [2.24, 2.45) is 5.92 Å². The summed E-state index contributed by atoms with van der Waals surface area (Å²) in [6.45, 7) is 0.692. The number of carbonyl (C=O) groups excluding carboxylic acids is 1. The molecule has 0 spiro atoms. The maximum absolute atomic E-state index is 12.8. The Morgan fingerprint density at radius 2 is 2.00 bits per heavy atom. The standard InChI is InChI=1S/C20H23N3O4/c24-18(22-15-6-4-5-14(15)20(26)27)12-8-9-13-16(11-12)21-17-7-2-1-3-10-23(17)19(13)25/h8-9,11,14-15H,1-7,10H2,(H,22,24)(H,26,27)/t14-,15+/m1/s1. The van der Waals surface area contributed by atoms with Crippen molar-refractivity contribution in [2.75, 3.05) is 0 Å². The highest BCUT2D eigenvalue weighted by Crippen LogP contribution is 2.26. The number of nitrogens with zero attached hydrogens (tertiary/aromatic N) is 2. The quantitative estimate of drug-likeness (QED) is 0.863. The van der Waals surface area contributed by atoms with Crippen LogP contribution in [0.2, 0.25) is 0 Å². The lowest BCUT2D eigenvalue weighted by molar-refractivity contribution is -0.142. The van der Waals surface area contributed by atoms with Gasteiger partial charge in [-0.05, 0) is 43.9 Å². The molecule has 1 aromatic heterocycles. The average Bonchev–Trinajstić information content (AvgIpc) is 2.98. The van der Waals surface area contributed by atoms with Crippen LogP contribution < -0.4 is 10.9 Å². The largest absolute Gasteiger partial charge is 0.481 e. The molecular weight excluding hydrogens is 346 g/mol. The zero-order valence-corrected chi connectivity index (χ0v) is 15.1. The Morgan fingerprint density at radius 3 is 2.81 bits per heavy atom. The second-order valence-corrected chi connectivity index (χ2v) is 7.48. The lowest BCUT2D eigenvalue weighted by Crippen LogP contribution is -2.40. The molecule has 27 heavy (non-hydrogen) atoms. The van der Waals surface area contributed by atoms with Crippen molar-refractivity contribution in [3.8, 4) is 0 Å². The van der Waals surface area contributed by atoms with Gasteiger partial charge in [-0.1, -0.05) is 12.8 Å². The number of nitrogens with one attached hydrogen (secondary N) is 1. The van der Waals surface area contributed by atoms with Gasteiger partial charge in [-0.3, -0.25) is 19.0 Å². The molecule has 2 atom stereocenters. The molecule has 142 valence electrons. The van der Waals surface area contributed by atoms with E-state index in [2.05, 4.69) is 10.3 Å². The van der Waals surface area contributed by atoms with Crippen LogP contribution in [-0.4, -0.2) is 32.6 Å². The number of carbonyl (C=O) groups is 2. The maximum atomic E-state index is 12.8. The fourth-order valence-electron chi connectivity index (χ4n) is 4.24.